The maximum Gasteiger partial charge on any atom is 0.251 e. The van der Waals surface area contributed by atoms with Crippen LogP contribution in [0.2, 0.25) is 5.02 Å². The fraction of sp³-hybridized carbons (Fsp3) is 0.240. The van der Waals surface area contributed by atoms with E-state index < -0.39 is 6.04 Å². The van der Waals surface area contributed by atoms with Gasteiger partial charge < -0.3 is 20.3 Å². The Kier molecular flexibility index (Phi) is 6.63. The molecule has 1 atom stereocenters. The summed E-state index contributed by atoms with van der Waals surface area (Å²) < 4.78 is 5.19. The van der Waals surface area contributed by atoms with Crippen molar-refractivity contribution in [2.24, 2.45) is 0 Å². The van der Waals surface area contributed by atoms with Crippen molar-refractivity contribution in [2.45, 2.75) is 18.9 Å². The number of rotatable bonds is 7. The van der Waals surface area contributed by atoms with Gasteiger partial charge in [0.1, 0.15) is 11.8 Å². The number of benzene rings is 3. The largest absolute Gasteiger partial charge is 0.495 e. The molecule has 3 aromatic carbocycles. The Hall–Kier alpha value is -3.18. The summed E-state index contributed by atoms with van der Waals surface area (Å²) in [7, 11) is 1.56. The molecular weight excluding hydrogens is 410 g/mol. The summed E-state index contributed by atoms with van der Waals surface area (Å²) in [6.45, 7) is 2.21. The first-order valence-electron chi connectivity index (χ1n) is 10.4. The van der Waals surface area contributed by atoms with Crippen LogP contribution in [0.25, 0.3) is 0 Å². The Labute approximate surface area is 188 Å². The predicted octanol–water partition coefficient (Wildman–Crippen LogP) is 5.74. The number of carbonyl (C=O) groups is 1. The van der Waals surface area contributed by atoms with Crippen molar-refractivity contribution < 1.29 is 9.53 Å². The lowest BCUT2D eigenvalue weighted by molar-refractivity contribution is -0.117. The number of halogens is 1. The summed E-state index contributed by atoms with van der Waals surface area (Å²) >= 11 is 6.21. The predicted molar refractivity (Wildman–Crippen MR) is 127 cm³/mol. The number of hydrogen-bond donors (Lipinski definition) is 2. The summed E-state index contributed by atoms with van der Waals surface area (Å²) in [5.41, 5.74) is 3.60. The van der Waals surface area contributed by atoms with Crippen LogP contribution in [-0.2, 0) is 4.79 Å². The quantitative estimate of drug-likeness (QED) is 0.496. The number of hydrogen-bond acceptors (Lipinski definition) is 4. The molecule has 3 aromatic rings. The van der Waals surface area contributed by atoms with Gasteiger partial charge in [0.25, 0.3) is 5.91 Å². The van der Waals surface area contributed by atoms with Crippen molar-refractivity contribution >= 4 is 34.6 Å². The molecule has 0 bridgehead atoms. The Morgan fingerprint density at radius 2 is 1.65 bits per heavy atom. The van der Waals surface area contributed by atoms with Gasteiger partial charge in [0, 0.05) is 30.2 Å². The number of amides is 1. The van der Waals surface area contributed by atoms with Gasteiger partial charge in [0.2, 0.25) is 0 Å². The van der Waals surface area contributed by atoms with Crippen LogP contribution in [-0.4, -0.2) is 26.1 Å². The zero-order valence-electron chi connectivity index (χ0n) is 17.5. The molecule has 31 heavy (non-hydrogen) atoms. The van der Waals surface area contributed by atoms with Crippen LogP contribution in [0.4, 0.5) is 17.1 Å². The van der Waals surface area contributed by atoms with E-state index in [9.17, 15) is 4.79 Å². The van der Waals surface area contributed by atoms with E-state index in [2.05, 4.69) is 27.7 Å². The van der Waals surface area contributed by atoms with Crippen LogP contribution in [0, 0.1) is 0 Å². The molecule has 0 aromatic heterocycles. The van der Waals surface area contributed by atoms with E-state index in [4.69, 9.17) is 16.3 Å². The molecule has 0 saturated carbocycles. The van der Waals surface area contributed by atoms with Crippen LogP contribution in [0.5, 0.6) is 5.75 Å². The molecule has 1 saturated heterocycles. The van der Waals surface area contributed by atoms with Gasteiger partial charge in [-0.25, -0.2) is 0 Å². The third-order valence-corrected chi connectivity index (χ3v) is 5.76. The summed E-state index contributed by atoms with van der Waals surface area (Å²) in [5.74, 6) is 0.395. The zero-order valence-corrected chi connectivity index (χ0v) is 18.2. The molecule has 1 amide bonds. The average molecular weight is 436 g/mol. The van der Waals surface area contributed by atoms with Gasteiger partial charge in [-0.1, -0.05) is 41.9 Å². The SMILES string of the molecule is COc1ccc(NC(=O)[C@H](Nc2ccc(N3CCCC3)cc2)c2ccccc2)cc1Cl. The molecule has 0 aliphatic carbocycles. The molecule has 5 nitrogen and oxygen atoms in total. The molecule has 1 fully saturated rings. The molecule has 0 spiro atoms. The van der Waals surface area contributed by atoms with Crippen molar-refractivity contribution in [3.63, 3.8) is 0 Å². The molecule has 0 radical (unpaired) electrons. The van der Waals surface area contributed by atoms with E-state index in [1.54, 1.807) is 25.3 Å². The number of nitrogens with zero attached hydrogens (tertiary/aromatic N) is 1. The standard InChI is InChI=1S/C25H26ClN3O2/c1-31-23-14-11-20(17-22(23)26)28-25(30)24(18-7-3-2-4-8-18)27-19-9-12-21(13-10-19)29-15-5-6-16-29/h2-4,7-14,17,24,27H,5-6,15-16H2,1H3,(H,28,30)/t24-/m1/s1. The number of carbonyl (C=O) groups excluding carboxylic acids is 1. The summed E-state index contributed by atoms with van der Waals surface area (Å²) in [6, 6.07) is 22.6. The zero-order chi connectivity index (χ0) is 21.6. The van der Waals surface area contributed by atoms with Crippen LogP contribution in [0.3, 0.4) is 0 Å². The maximum atomic E-state index is 13.2. The normalized spacial score (nSPS) is 14.2. The van der Waals surface area contributed by atoms with Crippen LogP contribution >= 0.6 is 11.6 Å². The van der Waals surface area contributed by atoms with E-state index >= 15 is 0 Å². The monoisotopic (exact) mass is 435 g/mol. The molecule has 1 aliphatic heterocycles. The van der Waals surface area contributed by atoms with Gasteiger partial charge in [-0.2, -0.15) is 0 Å². The minimum atomic E-state index is -0.556. The Bertz CT molecular complexity index is 1020. The average Bonchev–Trinajstić information content (AvgIpc) is 3.33. The van der Waals surface area contributed by atoms with Crippen molar-refractivity contribution in [1.29, 1.82) is 0 Å². The highest BCUT2D eigenvalue weighted by atomic mass is 35.5. The number of methoxy groups -OCH3 is 1. The van der Waals surface area contributed by atoms with Gasteiger partial charge in [-0.3, -0.25) is 4.79 Å². The van der Waals surface area contributed by atoms with Crippen molar-refractivity contribution in [3.8, 4) is 5.75 Å². The lowest BCUT2D eigenvalue weighted by Crippen LogP contribution is -2.27. The first-order chi connectivity index (χ1) is 15.1. The lowest BCUT2D eigenvalue weighted by atomic mass is 10.1. The highest BCUT2D eigenvalue weighted by Gasteiger charge is 2.21. The summed E-state index contributed by atoms with van der Waals surface area (Å²) in [4.78, 5) is 15.6. The third kappa shape index (κ3) is 5.12. The van der Waals surface area contributed by atoms with Gasteiger partial charge in [0.05, 0.1) is 12.1 Å². The first-order valence-corrected chi connectivity index (χ1v) is 10.8. The highest BCUT2D eigenvalue weighted by molar-refractivity contribution is 6.32. The second-order valence-corrected chi connectivity index (χ2v) is 7.97. The summed E-state index contributed by atoms with van der Waals surface area (Å²) in [5, 5.41) is 6.79. The van der Waals surface area contributed by atoms with Crippen molar-refractivity contribution in [3.05, 3.63) is 83.4 Å². The lowest BCUT2D eigenvalue weighted by Gasteiger charge is -2.22. The van der Waals surface area contributed by atoms with Crippen molar-refractivity contribution in [1.82, 2.24) is 0 Å². The molecule has 1 aliphatic rings. The van der Waals surface area contributed by atoms with Gasteiger partial charge in [0.15, 0.2) is 0 Å². The molecule has 4 rings (SSSR count). The fourth-order valence-electron chi connectivity index (χ4n) is 3.81. The number of anilines is 3. The van der Waals surface area contributed by atoms with Gasteiger partial charge in [-0.05, 0) is 60.9 Å². The fourth-order valence-corrected chi connectivity index (χ4v) is 4.07. The molecule has 2 N–H and O–H groups in total. The molecular formula is C25H26ClN3O2. The van der Waals surface area contributed by atoms with Crippen LogP contribution in [0.1, 0.15) is 24.4 Å². The topological polar surface area (TPSA) is 53.6 Å². The van der Waals surface area contributed by atoms with E-state index in [0.29, 0.717) is 16.5 Å². The molecule has 6 heteroatoms. The van der Waals surface area contributed by atoms with E-state index in [1.807, 2.05) is 42.5 Å². The molecule has 160 valence electrons. The highest BCUT2D eigenvalue weighted by Crippen LogP contribution is 2.29. The van der Waals surface area contributed by atoms with Crippen LogP contribution < -0.4 is 20.3 Å². The first kappa shape index (κ1) is 21.1. The minimum absolute atomic E-state index is 0.170. The minimum Gasteiger partial charge on any atom is -0.495 e. The molecule has 1 heterocycles. The third-order valence-electron chi connectivity index (χ3n) is 5.46. The van der Waals surface area contributed by atoms with E-state index in [-0.39, 0.29) is 5.91 Å². The van der Waals surface area contributed by atoms with Gasteiger partial charge >= 0.3 is 0 Å². The van der Waals surface area contributed by atoms with Gasteiger partial charge in [-0.15, -0.1) is 0 Å². The van der Waals surface area contributed by atoms with E-state index in [0.717, 1.165) is 24.3 Å². The maximum absolute atomic E-state index is 13.2. The smallest absolute Gasteiger partial charge is 0.251 e. The Balaban J connectivity index is 1.53. The van der Waals surface area contributed by atoms with Crippen molar-refractivity contribution in [2.75, 3.05) is 35.7 Å². The second kappa shape index (κ2) is 9.75. The second-order valence-electron chi connectivity index (χ2n) is 7.57. The van der Waals surface area contributed by atoms with E-state index in [1.165, 1.54) is 18.5 Å². The Morgan fingerprint density at radius 1 is 0.968 bits per heavy atom. The number of ether oxygens (including phenoxy) is 1. The van der Waals surface area contributed by atoms with Crippen LogP contribution in [0.15, 0.2) is 72.8 Å². The molecule has 0 unspecified atom stereocenters. The Morgan fingerprint density at radius 3 is 2.29 bits per heavy atom. The number of nitrogens with one attached hydrogen (secondary N) is 2. The summed E-state index contributed by atoms with van der Waals surface area (Å²) in [6.07, 6.45) is 2.48.